The van der Waals surface area contributed by atoms with Gasteiger partial charge in [0, 0.05) is 32.0 Å². The van der Waals surface area contributed by atoms with E-state index >= 15 is 4.39 Å². The molecule has 2 aromatic carbocycles. The minimum atomic E-state index is -4.54. The van der Waals surface area contributed by atoms with E-state index in [1.165, 1.54) is 12.1 Å². The largest absolute Gasteiger partial charge is 0.490 e. The highest BCUT2D eigenvalue weighted by molar-refractivity contribution is 7.91. The fraction of sp³-hybridized carbons (Fsp3) is 0.500. The molecule has 0 bridgehead atoms. The Kier molecular flexibility index (Phi) is 7.24. The van der Waals surface area contributed by atoms with E-state index in [9.17, 15) is 30.8 Å². The number of benzene rings is 2. The first-order valence-corrected chi connectivity index (χ1v) is 14.5. The highest BCUT2D eigenvalue weighted by atomic mass is 35.5. The first kappa shape index (κ1) is 27.9. The number of anilines is 1. The maximum Gasteiger partial charge on any atom is 0.416 e. The average molecular weight is 593 g/mol. The predicted molar refractivity (Wildman–Crippen MR) is 135 cm³/mol. The fourth-order valence-corrected chi connectivity index (χ4v) is 6.19. The lowest BCUT2D eigenvalue weighted by molar-refractivity contribution is -0.137. The Morgan fingerprint density at radius 2 is 1.77 bits per heavy atom. The van der Waals surface area contributed by atoms with Crippen molar-refractivity contribution < 1.29 is 39.9 Å². The lowest BCUT2D eigenvalue weighted by Gasteiger charge is -2.38. The Balaban J connectivity index is 1.26. The molecule has 0 atom stereocenters. The zero-order valence-electron chi connectivity index (χ0n) is 20.7. The highest BCUT2D eigenvalue weighted by Crippen LogP contribution is 2.46. The molecule has 39 heavy (non-hydrogen) atoms. The summed E-state index contributed by atoms with van der Waals surface area (Å²) in [5, 5.41) is -0.518. The molecule has 2 aliphatic carbocycles. The van der Waals surface area contributed by atoms with Gasteiger partial charge in [0.1, 0.15) is 23.8 Å². The average Bonchev–Trinajstić information content (AvgIpc) is 3.75. The second-order valence-electron chi connectivity index (χ2n) is 10.4. The fourth-order valence-electron chi connectivity index (χ4n) is 4.66. The topological polar surface area (TPSA) is 75.7 Å². The van der Waals surface area contributed by atoms with Crippen molar-refractivity contribution in [1.29, 1.82) is 0 Å². The molecule has 3 fully saturated rings. The molecule has 1 saturated heterocycles. The maximum atomic E-state index is 15.7. The number of carbonyl (C=O) groups is 1. The summed E-state index contributed by atoms with van der Waals surface area (Å²) in [6.45, 7) is -0.226. The molecule has 6 nitrogen and oxygen atoms in total. The molecule has 1 heterocycles. The van der Waals surface area contributed by atoms with Crippen molar-refractivity contribution in [2.45, 2.75) is 61.5 Å². The van der Waals surface area contributed by atoms with Gasteiger partial charge in [0.25, 0.3) is 5.91 Å². The van der Waals surface area contributed by atoms with Gasteiger partial charge in [0.2, 0.25) is 10.0 Å². The number of hydrogen-bond donors (Lipinski definition) is 1. The maximum absolute atomic E-state index is 15.7. The van der Waals surface area contributed by atoms with Crippen LogP contribution in [0.25, 0.3) is 0 Å². The predicted octanol–water partition coefficient (Wildman–Crippen LogP) is 5.98. The van der Waals surface area contributed by atoms with Crippen LogP contribution in [0, 0.1) is 5.82 Å². The van der Waals surface area contributed by atoms with Crippen LogP contribution >= 0.6 is 11.6 Å². The summed E-state index contributed by atoms with van der Waals surface area (Å²) in [6.07, 6.45) is -2.24. The van der Waals surface area contributed by atoms with Crippen LogP contribution in [-0.2, 0) is 16.2 Å². The van der Waals surface area contributed by atoms with Crippen LogP contribution in [0.2, 0.25) is 5.02 Å². The molecule has 2 saturated carbocycles. The molecule has 1 N–H and O–H groups in total. The van der Waals surface area contributed by atoms with Crippen LogP contribution in [0.15, 0.2) is 30.3 Å². The Morgan fingerprint density at radius 1 is 1.10 bits per heavy atom. The molecule has 3 aliphatic rings. The summed E-state index contributed by atoms with van der Waals surface area (Å²) in [5.74, 6) is -1.99. The number of alkyl halides is 4. The lowest BCUT2D eigenvalue weighted by Crippen LogP contribution is -2.45. The molecule has 0 spiro atoms. The van der Waals surface area contributed by atoms with Crippen LogP contribution < -0.4 is 14.4 Å². The smallest absolute Gasteiger partial charge is 0.416 e. The highest BCUT2D eigenvalue weighted by Gasteiger charge is 2.40. The van der Waals surface area contributed by atoms with Gasteiger partial charge in [-0.15, -0.1) is 0 Å². The van der Waals surface area contributed by atoms with Gasteiger partial charge in [-0.05, 0) is 61.4 Å². The lowest BCUT2D eigenvalue weighted by atomic mass is 9.93. The molecule has 1 aliphatic heterocycles. The first-order chi connectivity index (χ1) is 18.3. The van der Waals surface area contributed by atoms with Gasteiger partial charge in [0.05, 0.1) is 27.1 Å². The number of rotatable bonds is 8. The summed E-state index contributed by atoms with van der Waals surface area (Å²) in [7, 11) is -3.86. The van der Waals surface area contributed by atoms with Gasteiger partial charge in [0.15, 0.2) is 0 Å². The van der Waals surface area contributed by atoms with Gasteiger partial charge in [-0.2, -0.15) is 13.2 Å². The van der Waals surface area contributed by atoms with E-state index in [-0.39, 0.29) is 48.3 Å². The second kappa shape index (κ2) is 10.1. The van der Waals surface area contributed by atoms with E-state index in [2.05, 4.69) is 0 Å². The van der Waals surface area contributed by atoms with E-state index in [0.717, 1.165) is 31.0 Å². The molecule has 13 heteroatoms. The van der Waals surface area contributed by atoms with E-state index in [1.807, 2.05) is 4.72 Å². The second-order valence-corrected chi connectivity index (χ2v) is 12.8. The van der Waals surface area contributed by atoms with Gasteiger partial charge in [-0.25, -0.2) is 21.9 Å². The molecule has 0 unspecified atom stereocenters. The number of ether oxygens (including phenoxy) is 1. The molecule has 1 amide bonds. The van der Waals surface area contributed by atoms with Crippen molar-refractivity contribution in [2.24, 2.45) is 0 Å². The standard InChI is InChI=1S/C26H26ClF5N2O4S/c27-20-6-3-16(26(30,31)32)11-22(20)34-9-7-25(29,8-10-34)14-38-23-13-21(28)19(12-18(23)15-1-2-15)24(35)33-39(36,37)17-4-5-17/h3,6,11-13,15,17H,1-2,4-5,7-10,14H2,(H,33,35). The van der Waals surface area contributed by atoms with Gasteiger partial charge < -0.3 is 9.64 Å². The van der Waals surface area contributed by atoms with Crippen molar-refractivity contribution in [3.05, 3.63) is 57.9 Å². The summed E-state index contributed by atoms with van der Waals surface area (Å²) >= 11 is 6.12. The van der Waals surface area contributed by atoms with Crippen molar-refractivity contribution in [1.82, 2.24) is 4.72 Å². The van der Waals surface area contributed by atoms with Crippen LogP contribution in [0.1, 0.15) is 65.9 Å². The number of nitrogens with one attached hydrogen (secondary N) is 1. The molecular formula is C26H26ClF5N2O4S. The summed E-state index contributed by atoms with van der Waals surface area (Å²) in [5.41, 5.74) is -2.42. The van der Waals surface area contributed by atoms with Gasteiger partial charge >= 0.3 is 6.18 Å². The number of piperidine rings is 1. The summed E-state index contributed by atoms with van der Waals surface area (Å²) in [4.78, 5) is 14.1. The van der Waals surface area contributed by atoms with E-state index in [4.69, 9.17) is 16.3 Å². The third kappa shape index (κ3) is 6.26. The number of amides is 1. The third-order valence-corrected chi connectivity index (χ3v) is 9.46. The van der Waals surface area contributed by atoms with Crippen LogP contribution in [0.4, 0.5) is 27.6 Å². The number of sulfonamides is 1. The number of nitrogens with zero attached hydrogens (tertiary/aromatic N) is 1. The minimum Gasteiger partial charge on any atom is -0.490 e. The van der Waals surface area contributed by atoms with E-state index in [0.29, 0.717) is 18.4 Å². The SMILES string of the molecule is O=C(NS(=O)(=O)C1CC1)c1cc(C2CC2)c(OCC2(F)CCN(c3cc(C(F)(F)F)ccc3Cl)CC2)cc1F. The van der Waals surface area contributed by atoms with E-state index in [1.54, 1.807) is 4.90 Å². The molecule has 0 aromatic heterocycles. The van der Waals surface area contributed by atoms with Crippen molar-refractivity contribution in [3.8, 4) is 5.75 Å². The molecule has 2 aromatic rings. The van der Waals surface area contributed by atoms with E-state index < -0.39 is 56.6 Å². The van der Waals surface area contributed by atoms with Gasteiger partial charge in [-0.1, -0.05) is 11.6 Å². The third-order valence-electron chi connectivity index (χ3n) is 7.32. The zero-order valence-corrected chi connectivity index (χ0v) is 22.2. The molecule has 212 valence electrons. The number of carbonyl (C=O) groups excluding carboxylic acids is 1. The van der Waals surface area contributed by atoms with Crippen LogP contribution in [0.5, 0.6) is 5.75 Å². The Bertz CT molecular complexity index is 1390. The normalized spacial score (nSPS) is 19.6. The van der Waals surface area contributed by atoms with Crippen LogP contribution in [0.3, 0.4) is 0 Å². The molecule has 0 radical (unpaired) electrons. The van der Waals surface area contributed by atoms with Gasteiger partial charge in [-0.3, -0.25) is 4.79 Å². The van der Waals surface area contributed by atoms with Crippen molar-refractivity contribution >= 4 is 33.2 Å². The zero-order chi connectivity index (χ0) is 28.2. The number of halogens is 6. The minimum absolute atomic E-state index is 0.0207. The Morgan fingerprint density at radius 3 is 2.36 bits per heavy atom. The Hall–Kier alpha value is -2.60. The quantitative estimate of drug-likeness (QED) is 0.382. The summed E-state index contributed by atoms with van der Waals surface area (Å²) < 4.78 is 102. The first-order valence-electron chi connectivity index (χ1n) is 12.6. The summed E-state index contributed by atoms with van der Waals surface area (Å²) in [6, 6.07) is 5.25. The molecular weight excluding hydrogens is 567 g/mol. The van der Waals surface area contributed by atoms with Crippen molar-refractivity contribution in [2.75, 3.05) is 24.6 Å². The van der Waals surface area contributed by atoms with Crippen LogP contribution in [-0.4, -0.2) is 44.9 Å². The molecule has 5 rings (SSSR count). The van der Waals surface area contributed by atoms with Crippen molar-refractivity contribution in [3.63, 3.8) is 0 Å². The Labute approximate surface area is 227 Å². The number of hydrogen-bond acceptors (Lipinski definition) is 5. The monoisotopic (exact) mass is 592 g/mol.